The highest BCUT2D eigenvalue weighted by molar-refractivity contribution is 7.80. The number of hydrogen-bond acceptors (Lipinski definition) is 3. The van der Waals surface area contributed by atoms with Gasteiger partial charge in [0.2, 0.25) is 0 Å². The highest BCUT2D eigenvalue weighted by Crippen LogP contribution is 2.24. The Labute approximate surface area is 128 Å². The number of aromatic nitrogens is 2. The van der Waals surface area contributed by atoms with E-state index in [9.17, 15) is 4.79 Å². The van der Waals surface area contributed by atoms with Gasteiger partial charge in [-0.25, -0.2) is 4.98 Å². The van der Waals surface area contributed by atoms with E-state index in [0.29, 0.717) is 22.0 Å². The summed E-state index contributed by atoms with van der Waals surface area (Å²) in [5.74, 6) is 0.312. The first-order valence-corrected chi connectivity index (χ1v) is 7.34. The summed E-state index contributed by atoms with van der Waals surface area (Å²) in [7, 11) is 0. The van der Waals surface area contributed by atoms with Gasteiger partial charge in [0, 0.05) is 0 Å². The molecule has 0 atom stereocenters. The summed E-state index contributed by atoms with van der Waals surface area (Å²) in [4.78, 5) is 17.2. The Hall–Kier alpha value is -2.07. The number of fused-ring (bicyclic) bond motifs is 1. The van der Waals surface area contributed by atoms with Crippen LogP contribution in [0.1, 0.15) is 25.3 Å². The average molecular weight is 296 g/mol. The van der Waals surface area contributed by atoms with Gasteiger partial charge in [-0.15, -0.1) is 12.6 Å². The largest absolute Gasteiger partial charge is 0.268 e. The standard InChI is InChI=1S/C17H16N2OS/c1-11(2)12-7-4-6-10-15(12)19-16(20)13-8-3-5-9-14(13)18-17(19)21/h3-11H,1-2H3,(H,18,21). The molecule has 1 aromatic heterocycles. The maximum Gasteiger partial charge on any atom is 0.266 e. The second-order valence-electron chi connectivity index (χ2n) is 5.28. The Kier molecular flexibility index (Phi) is 3.55. The molecular formula is C17H16N2OS. The lowest BCUT2D eigenvalue weighted by atomic mass is 10.0. The summed E-state index contributed by atoms with van der Waals surface area (Å²) in [6.45, 7) is 4.22. The van der Waals surface area contributed by atoms with Gasteiger partial charge in [-0.3, -0.25) is 9.36 Å². The quantitative estimate of drug-likeness (QED) is 0.576. The third kappa shape index (κ3) is 2.36. The molecule has 3 rings (SSSR count). The molecule has 3 aromatic rings. The molecule has 0 bridgehead atoms. The zero-order valence-electron chi connectivity index (χ0n) is 11.9. The maximum atomic E-state index is 12.8. The Balaban J connectivity index is 2.39. The summed E-state index contributed by atoms with van der Waals surface area (Å²) >= 11 is 4.42. The van der Waals surface area contributed by atoms with Gasteiger partial charge in [0.05, 0.1) is 16.6 Å². The lowest BCUT2D eigenvalue weighted by Gasteiger charge is -2.16. The molecule has 3 nitrogen and oxygen atoms in total. The summed E-state index contributed by atoms with van der Waals surface area (Å²) < 4.78 is 1.58. The molecule has 2 aromatic carbocycles. The van der Waals surface area contributed by atoms with E-state index >= 15 is 0 Å². The van der Waals surface area contributed by atoms with Crippen molar-refractivity contribution in [2.24, 2.45) is 0 Å². The smallest absolute Gasteiger partial charge is 0.266 e. The van der Waals surface area contributed by atoms with Crippen molar-refractivity contribution in [1.82, 2.24) is 9.55 Å². The first-order chi connectivity index (χ1) is 10.1. The van der Waals surface area contributed by atoms with Gasteiger partial charge in [0.1, 0.15) is 0 Å². The predicted octanol–water partition coefficient (Wildman–Crippen LogP) is 3.80. The van der Waals surface area contributed by atoms with Crippen molar-refractivity contribution in [3.63, 3.8) is 0 Å². The van der Waals surface area contributed by atoms with Crippen molar-refractivity contribution in [3.05, 3.63) is 64.4 Å². The van der Waals surface area contributed by atoms with Crippen LogP contribution in [-0.4, -0.2) is 9.55 Å². The van der Waals surface area contributed by atoms with Gasteiger partial charge >= 0.3 is 0 Å². The van der Waals surface area contributed by atoms with Gasteiger partial charge in [-0.1, -0.05) is 44.2 Å². The summed E-state index contributed by atoms with van der Waals surface area (Å²) in [5, 5.41) is 1.01. The summed E-state index contributed by atoms with van der Waals surface area (Å²) in [6.07, 6.45) is 0. The molecule has 0 fully saturated rings. The number of para-hydroxylation sites is 2. The van der Waals surface area contributed by atoms with E-state index in [0.717, 1.165) is 11.3 Å². The minimum Gasteiger partial charge on any atom is -0.268 e. The van der Waals surface area contributed by atoms with E-state index in [1.165, 1.54) is 0 Å². The Morgan fingerprint density at radius 1 is 1.05 bits per heavy atom. The van der Waals surface area contributed by atoms with Crippen molar-refractivity contribution >= 4 is 23.5 Å². The fourth-order valence-electron chi connectivity index (χ4n) is 2.52. The Morgan fingerprint density at radius 3 is 2.48 bits per heavy atom. The monoisotopic (exact) mass is 296 g/mol. The molecule has 21 heavy (non-hydrogen) atoms. The van der Waals surface area contributed by atoms with Crippen LogP contribution in [-0.2, 0) is 0 Å². The average Bonchev–Trinajstić information content (AvgIpc) is 2.47. The highest BCUT2D eigenvalue weighted by Gasteiger charge is 2.14. The van der Waals surface area contributed by atoms with E-state index in [1.54, 1.807) is 10.6 Å². The number of nitrogens with zero attached hydrogens (tertiary/aromatic N) is 2. The van der Waals surface area contributed by atoms with Crippen molar-refractivity contribution in [2.45, 2.75) is 24.9 Å². The Bertz CT molecular complexity index is 868. The molecule has 4 heteroatoms. The van der Waals surface area contributed by atoms with Crippen LogP contribution in [0.3, 0.4) is 0 Å². The maximum absolute atomic E-state index is 12.8. The van der Waals surface area contributed by atoms with Crippen molar-refractivity contribution in [2.75, 3.05) is 0 Å². The van der Waals surface area contributed by atoms with Crippen LogP contribution in [0.4, 0.5) is 0 Å². The van der Waals surface area contributed by atoms with Crippen LogP contribution in [0.5, 0.6) is 0 Å². The van der Waals surface area contributed by atoms with Gasteiger partial charge in [-0.2, -0.15) is 0 Å². The van der Waals surface area contributed by atoms with Crippen LogP contribution in [0, 0.1) is 0 Å². The second kappa shape index (κ2) is 5.37. The molecule has 0 unspecified atom stereocenters. The Morgan fingerprint density at radius 2 is 1.71 bits per heavy atom. The number of hydrogen-bond donors (Lipinski definition) is 1. The second-order valence-corrected chi connectivity index (χ2v) is 5.68. The molecule has 0 saturated carbocycles. The van der Waals surface area contributed by atoms with Crippen molar-refractivity contribution in [1.29, 1.82) is 0 Å². The van der Waals surface area contributed by atoms with Crippen LogP contribution >= 0.6 is 12.6 Å². The fourth-order valence-corrected chi connectivity index (χ4v) is 2.82. The van der Waals surface area contributed by atoms with Gasteiger partial charge in [-0.05, 0) is 29.7 Å². The normalized spacial score (nSPS) is 11.2. The van der Waals surface area contributed by atoms with Gasteiger partial charge < -0.3 is 0 Å². The molecule has 0 saturated heterocycles. The zero-order chi connectivity index (χ0) is 15.0. The van der Waals surface area contributed by atoms with Gasteiger partial charge in [0.25, 0.3) is 5.56 Å². The number of benzene rings is 2. The van der Waals surface area contributed by atoms with Crippen molar-refractivity contribution in [3.8, 4) is 5.69 Å². The molecule has 0 aliphatic carbocycles. The van der Waals surface area contributed by atoms with E-state index in [1.807, 2.05) is 42.5 Å². The first-order valence-electron chi connectivity index (χ1n) is 6.89. The van der Waals surface area contributed by atoms with Gasteiger partial charge in [0.15, 0.2) is 5.16 Å². The summed E-state index contributed by atoms with van der Waals surface area (Å²) in [5.41, 5.74) is 2.54. The van der Waals surface area contributed by atoms with E-state index in [2.05, 4.69) is 31.5 Å². The molecule has 0 spiro atoms. The molecule has 0 amide bonds. The molecule has 106 valence electrons. The van der Waals surface area contributed by atoms with E-state index in [4.69, 9.17) is 0 Å². The SMILES string of the molecule is CC(C)c1ccccc1-n1c(S)nc2ccccc2c1=O. The molecule has 0 aliphatic rings. The lowest BCUT2D eigenvalue weighted by molar-refractivity contribution is 0.783. The molecule has 0 aliphatic heterocycles. The molecule has 0 N–H and O–H groups in total. The van der Waals surface area contributed by atoms with Crippen LogP contribution in [0.15, 0.2) is 58.5 Å². The van der Waals surface area contributed by atoms with Crippen LogP contribution in [0.2, 0.25) is 0 Å². The minimum atomic E-state index is -0.0845. The first kappa shape index (κ1) is 13.9. The number of rotatable bonds is 2. The zero-order valence-corrected chi connectivity index (χ0v) is 12.8. The summed E-state index contributed by atoms with van der Waals surface area (Å²) in [6, 6.07) is 15.2. The van der Waals surface area contributed by atoms with Crippen molar-refractivity contribution < 1.29 is 0 Å². The van der Waals surface area contributed by atoms with Crippen LogP contribution < -0.4 is 5.56 Å². The topological polar surface area (TPSA) is 34.9 Å². The number of thiol groups is 1. The fraction of sp³-hybridized carbons (Fsp3) is 0.176. The molecular weight excluding hydrogens is 280 g/mol. The molecule has 1 heterocycles. The minimum absolute atomic E-state index is 0.0845. The third-order valence-electron chi connectivity index (χ3n) is 3.56. The lowest BCUT2D eigenvalue weighted by Crippen LogP contribution is -2.22. The predicted molar refractivity (Wildman–Crippen MR) is 88.7 cm³/mol. The molecule has 0 radical (unpaired) electrons. The third-order valence-corrected chi connectivity index (χ3v) is 3.86. The van der Waals surface area contributed by atoms with E-state index < -0.39 is 0 Å². The van der Waals surface area contributed by atoms with E-state index in [-0.39, 0.29) is 5.56 Å². The van der Waals surface area contributed by atoms with Crippen LogP contribution in [0.25, 0.3) is 16.6 Å². The highest BCUT2D eigenvalue weighted by atomic mass is 32.1.